The molecule has 0 bridgehead atoms. The zero-order valence-electron chi connectivity index (χ0n) is 19.3. The van der Waals surface area contributed by atoms with Gasteiger partial charge in [-0.15, -0.1) is 5.10 Å². The van der Waals surface area contributed by atoms with Crippen LogP contribution in [0.5, 0.6) is 5.75 Å². The van der Waals surface area contributed by atoms with Gasteiger partial charge in [-0.2, -0.15) is 4.98 Å². The van der Waals surface area contributed by atoms with Crippen molar-refractivity contribution >= 4 is 17.4 Å². The van der Waals surface area contributed by atoms with E-state index >= 15 is 0 Å². The first kappa shape index (κ1) is 21.2. The summed E-state index contributed by atoms with van der Waals surface area (Å²) in [5.41, 5.74) is 4.90. The number of nitrogens with zero attached hydrogens (tertiary/aromatic N) is 4. The van der Waals surface area contributed by atoms with Gasteiger partial charge in [-0.3, -0.25) is 4.79 Å². The summed E-state index contributed by atoms with van der Waals surface area (Å²) in [5.74, 6) is 2.28. The van der Waals surface area contributed by atoms with E-state index in [1.54, 1.807) is 7.11 Å². The highest BCUT2D eigenvalue weighted by Gasteiger charge is 2.36. The zero-order chi connectivity index (χ0) is 22.9. The third-order valence-electron chi connectivity index (χ3n) is 6.55. The summed E-state index contributed by atoms with van der Waals surface area (Å²) in [7, 11) is 1.65. The Hall–Kier alpha value is -3.61. The molecular weight excluding hydrogens is 414 g/mol. The molecule has 0 fully saturated rings. The van der Waals surface area contributed by atoms with Gasteiger partial charge in [-0.05, 0) is 68.7 Å². The first-order valence-electron chi connectivity index (χ1n) is 11.6. The summed E-state index contributed by atoms with van der Waals surface area (Å²) < 4.78 is 7.19. The second-order valence-corrected chi connectivity index (χ2v) is 8.39. The average Bonchev–Trinajstić information content (AvgIpc) is 3.28. The predicted octanol–water partition coefficient (Wildman–Crippen LogP) is 4.82. The normalized spacial score (nSPS) is 17.3. The molecule has 3 aromatic rings. The van der Waals surface area contributed by atoms with Crippen molar-refractivity contribution in [1.82, 2.24) is 14.8 Å². The van der Waals surface area contributed by atoms with Crippen molar-refractivity contribution < 1.29 is 9.53 Å². The van der Waals surface area contributed by atoms with Crippen LogP contribution in [-0.4, -0.2) is 40.7 Å². The van der Waals surface area contributed by atoms with Gasteiger partial charge in [0.2, 0.25) is 5.95 Å². The van der Waals surface area contributed by atoms with Crippen molar-refractivity contribution in [2.45, 2.75) is 39.2 Å². The van der Waals surface area contributed by atoms with Crippen molar-refractivity contribution in [2.75, 3.05) is 30.4 Å². The summed E-state index contributed by atoms with van der Waals surface area (Å²) in [6.45, 7) is 6.24. The lowest BCUT2D eigenvalue weighted by Gasteiger charge is -2.32. The van der Waals surface area contributed by atoms with Gasteiger partial charge in [0, 0.05) is 42.0 Å². The monoisotopic (exact) mass is 443 g/mol. The molecule has 0 saturated heterocycles. The third kappa shape index (κ3) is 3.77. The van der Waals surface area contributed by atoms with Gasteiger partial charge in [0.15, 0.2) is 11.6 Å². The van der Waals surface area contributed by atoms with Gasteiger partial charge in [-0.25, -0.2) is 4.68 Å². The van der Waals surface area contributed by atoms with Crippen LogP contribution < -0.4 is 15.0 Å². The number of rotatable bonds is 6. The Labute approximate surface area is 194 Å². The minimum Gasteiger partial charge on any atom is -0.497 e. The summed E-state index contributed by atoms with van der Waals surface area (Å²) in [6.07, 6.45) is 2.26. The van der Waals surface area contributed by atoms with Crippen LogP contribution in [0.4, 0.5) is 11.6 Å². The zero-order valence-corrected chi connectivity index (χ0v) is 19.3. The largest absolute Gasteiger partial charge is 0.497 e. The molecule has 1 N–H and O–H groups in total. The Balaban J connectivity index is 1.56. The van der Waals surface area contributed by atoms with E-state index in [2.05, 4.69) is 48.3 Å². The van der Waals surface area contributed by atoms with Gasteiger partial charge < -0.3 is 15.0 Å². The van der Waals surface area contributed by atoms with E-state index < -0.39 is 0 Å². The maximum absolute atomic E-state index is 13.0. The number of aromatic nitrogens is 3. The molecule has 7 heteroatoms. The number of carbonyl (C=O) groups excluding carboxylic acids is 1. The number of methoxy groups -OCH3 is 1. The molecule has 7 nitrogen and oxygen atoms in total. The van der Waals surface area contributed by atoms with Crippen molar-refractivity contribution in [3.05, 3.63) is 65.4 Å². The van der Waals surface area contributed by atoms with E-state index in [-0.39, 0.29) is 11.8 Å². The molecule has 2 aliphatic rings. The SMILES string of the molecule is CCN(CC)c1ccc(-c2nc3n(n2)C(c2ccc(OC)cc2)C2=C(CCCC2=O)N3)cc1. The number of anilines is 2. The molecule has 0 amide bonds. The molecule has 0 radical (unpaired) electrons. The molecule has 5 rings (SSSR count). The summed E-state index contributed by atoms with van der Waals surface area (Å²) >= 11 is 0. The van der Waals surface area contributed by atoms with Gasteiger partial charge >= 0.3 is 0 Å². The topological polar surface area (TPSA) is 72.3 Å². The third-order valence-corrected chi connectivity index (χ3v) is 6.55. The molecule has 0 spiro atoms. The van der Waals surface area contributed by atoms with Crippen LogP contribution in [-0.2, 0) is 4.79 Å². The van der Waals surface area contributed by atoms with Crippen molar-refractivity contribution in [1.29, 1.82) is 0 Å². The number of nitrogens with one attached hydrogen (secondary N) is 1. The van der Waals surface area contributed by atoms with E-state index in [1.165, 1.54) is 5.69 Å². The minimum absolute atomic E-state index is 0.177. The maximum atomic E-state index is 13.0. The Bertz CT molecular complexity index is 1190. The smallest absolute Gasteiger partial charge is 0.226 e. The lowest BCUT2D eigenvalue weighted by Crippen LogP contribution is -2.31. The Morgan fingerprint density at radius 2 is 1.79 bits per heavy atom. The van der Waals surface area contributed by atoms with Crippen molar-refractivity contribution in [2.24, 2.45) is 0 Å². The molecule has 1 aromatic heterocycles. The molecule has 1 unspecified atom stereocenters. The Kier molecular flexibility index (Phi) is 5.62. The van der Waals surface area contributed by atoms with Gasteiger partial charge in [-0.1, -0.05) is 12.1 Å². The number of Topliss-reactive ketones (excluding diaryl/α,β-unsaturated/α-hetero) is 1. The summed E-state index contributed by atoms with van der Waals surface area (Å²) in [6, 6.07) is 15.9. The van der Waals surface area contributed by atoms with Crippen LogP contribution in [0.25, 0.3) is 11.4 Å². The molecule has 33 heavy (non-hydrogen) atoms. The van der Waals surface area contributed by atoms with Crippen LogP contribution >= 0.6 is 0 Å². The fraction of sp³-hybridized carbons (Fsp3) is 0.346. The maximum Gasteiger partial charge on any atom is 0.226 e. The quantitative estimate of drug-likeness (QED) is 0.589. The second-order valence-electron chi connectivity index (χ2n) is 8.39. The number of carbonyl (C=O) groups is 1. The van der Waals surface area contributed by atoms with Crippen molar-refractivity contribution in [3.63, 3.8) is 0 Å². The minimum atomic E-state index is -0.300. The number of hydrogen-bond acceptors (Lipinski definition) is 6. The van der Waals surface area contributed by atoms with Crippen LogP contribution in [0.1, 0.15) is 44.7 Å². The molecular formula is C26H29N5O2. The van der Waals surface area contributed by atoms with Gasteiger partial charge in [0.25, 0.3) is 0 Å². The number of allylic oxidation sites excluding steroid dienone is 2. The highest BCUT2D eigenvalue weighted by atomic mass is 16.5. The Morgan fingerprint density at radius 3 is 2.45 bits per heavy atom. The molecule has 2 heterocycles. The molecule has 1 aliphatic carbocycles. The first-order valence-corrected chi connectivity index (χ1v) is 11.6. The molecule has 0 saturated carbocycles. The average molecular weight is 444 g/mol. The molecule has 2 aromatic carbocycles. The standard InChI is InChI=1S/C26H29N5O2/c1-4-30(5-2)19-13-9-18(10-14-19)25-28-26-27-21-7-6-8-22(32)23(21)24(31(26)29-25)17-11-15-20(33-3)16-12-17/h9-16,24H,4-8H2,1-3H3,(H,27,28,29). The van der Waals surface area contributed by atoms with Crippen LogP contribution in [0, 0.1) is 0 Å². The van der Waals surface area contributed by atoms with E-state index in [1.807, 2.05) is 28.9 Å². The number of hydrogen-bond donors (Lipinski definition) is 1. The van der Waals surface area contributed by atoms with E-state index in [0.717, 1.165) is 54.1 Å². The molecule has 170 valence electrons. The predicted molar refractivity (Wildman–Crippen MR) is 130 cm³/mol. The number of ketones is 1. The Morgan fingerprint density at radius 1 is 1.06 bits per heavy atom. The van der Waals surface area contributed by atoms with E-state index in [9.17, 15) is 4.79 Å². The van der Waals surface area contributed by atoms with Crippen molar-refractivity contribution in [3.8, 4) is 17.1 Å². The van der Waals surface area contributed by atoms with Gasteiger partial charge in [0.1, 0.15) is 11.8 Å². The summed E-state index contributed by atoms with van der Waals surface area (Å²) in [5, 5.41) is 8.28. The number of ether oxygens (including phenoxy) is 1. The number of fused-ring (bicyclic) bond motifs is 1. The lowest BCUT2D eigenvalue weighted by molar-refractivity contribution is -0.116. The first-order chi connectivity index (χ1) is 16.1. The highest BCUT2D eigenvalue weighted by Crippen LogP contribution is 2.41. The summed E-state index contributed by atoms with van der Waals surface area (Å²) in [4.78, 5) is 20.1. The van der Waals surface area contributed by atoms with E-state index in [0.29, 0.717) is 18.2 Å². The molecule has 1 atom stereocenters. The van der Waals surface area contributed by atoms with E-state index in [4.69, 9.17) is 14.8 Å². The van der Waals surface area contributed by atoms with Crippen LogP contribution in [0.2, 0.25) is 0 Å². The fourth-order valence-corrected chi connectivity index (χ4v) is 4.78. The fourth-order valence-electron chi connectivity index (χ4n) is 4.78. The lowest BCUT2D eigenvalue weighted by atomic mass is 9.85. The van der Waals surface area contributed by atoms with Gasteiger partial charge in [0.05, 0.1) is 7.11 Å². The second kappa shape index (κ2) is 8.73. The highest BCUT2D eigenvalue weighted by molar-refractivity contribution is 5.99. The molecule has 1 aliphatic heterocycles. The van der Waals surface area contributed by atoms with Crippen LogP contribution in [0.15, 0.2) is 59.8 Å². The number of benzene rings is 2. The van der Waals surface area contributed by atoms with Crippen LogP contribution in [0.3, 0.4) is 0 Å².